The molecule has 0 saturated heterocycles. The third-order valence-electron chi connectivity index (χ3n) is 2.69. The van der Waals surface area contributed by atoms with E-state index in [4.69, 9.17) is 18.9 Å². The third-order valence-corrected chi connectivity index (χ3v) is 2.69. The van der Waals surface area contributed by atoms with Gasteiger partial charge in [0, 0.05) is 12.7 Å². The summed E-state index contributed by atoms with van der Waals surface area (Å²) in [6.45, 7) is 12.5. The highest BCUT2D eigenvalue weighted by Crippen LogP contribution is 2.14. The highest BCUT2D eigenvalue weighted by atomic mass is 16.6. The summed E-state index contributed by atoms with van der Waals surface area (Å²) in [5, 5.41) is 3.05. The average molecular weight is 372 g/mol. The second kappa shape index (κ2) is 21.4. The highest BCUT2D eigenvalue weighted by molar-refractivity contribution is 5.76. The molecule has 0 radical (unpaired) electrons. The smallest absolute Gasteiger partial charge is 0.155 e. The summed E-state index contributed by atoms with van der Waals surface area (Å²) in [7, 11) is 1.88. The van der Waals surface area contributed by atoms with Crippen LogP contribution in [0, 0.1) is 0 Å². The minimum absolute atomic E-state index is 0.0175. The summed E-state index contributed by atoms with van der Waals surface area (Å²) in [5.74, 6) is 0.838. The highest BCUT2D eigenvalue weighted by Gasteiger charge is 1.96. The van der Waals surface area contributed by atoms with Crippen LogP contribution in [0.5, 0.6) is 5.75 Å². The van der Waals surface area contributed by atoms with Crippen molar-refractivity contribution < 1.29 is 23.7 Å². The molecule has 1 aromatic rings. The molecule has 26 heavy (non-hydrogen) atoms. The van der Waals surface area contributed by atoms with Crippen molar-refractivity contribution in [1.82, 2.24) is 0 Å². The van der Waals surface area contributed by atoms with Crippen molar-refractivity contribution >= 4 is 11.5 Å². The lowest BCUT2D eigenvalue weighted by atomic mass is 10.3. The van der Waals surface area contributed by atoms with Crippen LogP contribution in [0.3, 0.4) is 0 Å². The number of Topliss-reactive ketones (excluding diaryl/α,β-unsaturated/α-hetero) is 1. The first-order valence-corrected chi connectivity index (χ1v) is 9.35. The van der Waals surface area contributed by atoms with Gasteiger partial charge >= 0.3 is 0 Å². The maximum Gasteiger partial charge on any atom is 0.155 e. The Morgan fingerprint density at radius 2 is 1.27 bits per heavy atom. The zero-order valence-corrected chi connectivity index (χ0v) is 17.3. The van der Waals surface area contributed by atoms with Crippen LogP contribution >= 0.6 is 0 Å². The lowest BCUT2D eigenvalue weighted by Gasteiger charge is -2.08. The molecule has 152 valence electrons. The molecule has 0 atom stereocenters. The maximum absolute atomic E-state index is 10.6. The lowest BCUT2D eigenvalue weighted by molar-refractivity contribution is -0.122. The van der Waals surface area contributed by atoms with Crippen molar-refractivity contribution in [2.24, 2.45) is 0 Å². The van der Waals surface area contributed by atoms with Crippen molar-refractivity contribution in [3.63, 3.8) is 0 Å². The summed E-state index contributed by atoms with van der Waals surface area (Å²) >= 11 is 0. The van der Waals surface area contributed by atoms with Crippen molar-refractivity contribution in [1.29, 1.82) is 0 Å². The van der Waals surface area contributed by atoms with E-state index in [1.165, 1.54) is 6.92 Å². The van der Waals surface area contributed by atoms with E-state index in [-0.39, 0.29) is 12.4 Å². The van der Waals surface area contributed by atoms with E-state index in [0.717, 1.165) is 11.4 Å². The topological polar surface area (TPSA) is 66.0 Å². The van der Waals surface area contributed by atoms with Crippen molar-refractivity contribution in [3.8, 4) is 5.75 Å². The van der Waals surface area contributed by atoms with Gasteiger partial charge < -0.3 is 24.3 Å². The summed E-state index contributed by atoms with van der Waals surface area (Å²) < 4.78 is 21.3. The molecule has 0 amide bonds. The average Bonchev–Trinajstić information content (AvgIpc) is 2.69. The Balaban J connectivity index is 0. The maximum atomic E-state index is 10.6. The Bertz CT molecular complexity index is 409. The fourth-order valence-electron chi connectivity index (χ4n) is 1.59. The normalized spacial score (nSPS) is 9.31. The minimum atomic E-state index is 0.0175. The molecule has 0 aliphatic rings. The van der Waals surface area contributed by atoms with E-state index >= 15 is 0 Å². The fraction of sp³-hybridized carbons (Fsp3) is 0.650. The summed E-state index contributed by atoms with van der Waals surface area (Å²) in [4.78, 5) is 10.6. The lowest BCUT2D eigenvalue weighted by Crippen LogP contribution is -2.14. The van der Waals surface area contributed by atoms with Gasteiger partial charge in [0.05, 0.1) is 33.0 Å². The van der Waals surface area contributed by atoms with Crippen LogP contribution < -0.4 is 10.1 Å². The van der Waals surface area contributed by atoms with Gasteiger partial charge in [-0.25, -0.2) is 0 Å². The van der Waals surface area contributed by atoms with Gasteiger partial charge in [0.1, 0.15) is 19.0 Å². The van der Waals surface area contributed by atoms with Gasteiger partial charge in [0.25, 0.3) is 0 Å². The van der Waals surface area contributed by atoms with Crippen LogP contribution in [0.1, 0.15) is 34.6 Å². The van der Waals surface area contributed by atoms with Crippen LogP contribution in [0.15, 0.2) is 24.3 Å². The first-order valence-electron chi connectivity index (χ1n) is 9.35. The number of carbonyl (C=O) groups excluding carboxylic acids is 1. The second-order valence-electron chi connectivity index (χ2n) is 4.60. The van der Waals surface area contributed by atoms with E-state index in [1.807, 2.05) is 59.0 Å². The Hall–Kier alpha value is -1.63. The van der Waals surface area contributed by atoms with E-state index < -0.39 is 0 Å². The first kappa shape index (κ1) is 26.6. The molecular formula is C20H37NO5. The van der Waals surface area contributed by atoms with E-state index in [0.29, 0.717) is 39.6 Å². The first-order chi connectivity index (χ1) is 12.7. The Morgan fingerprint density at radius 1 is 0.808 bits per heavy atom. The second-order valence-corrected chi connectivity index (χ2v) is 4.60. The molecule has 1 aromatic carbocycles. The molecule has 0 spiro atoms. The molecule has 6 heteroatoms. The number of hydrogen-bond acceptors (Lipinski definition) is 6. The van der Waals surface area contributed by atoms with Crippen LogP contribution in [-0.4, -0.2) is 59.1 Å². The molecule has 0 fully saturated rings. The van der Waals surface area contributed by atoms with Crippen LogP contribution in [0.25, 0.3) is 0 Å². The van der Waals surface area contributed by atoms with Crippen molar-refractivity contribution in [2.75, 3.05) is 58.6 Å². The number of nitrogens with one attached hydrogen (secondary N) is 1. The predicted molar refractivity (Wildman–Crippen MR) is 107 cm³/mol. The van der Waals surface area contributed by atoms with Gasteiger partial charge in [-0.15, -0.1) is 0 Å². The van der Waals surface area contributed by atoms with Crippen molar-refractivity contribution in [2.45, 2.75) is 34.6 Å². The molecule has 0 heterocycles. The number of ether oxygens (including phenoxy) is 4. The Morgan fingerprint density at radius 3 is 1.73 bits per heavy atom. The van der Waals surface area contributed by atoms with Crippen LogP contribution in [-0.2, 0) is 19.0 Å². The van der Waals surface area contributed by atoms with Gasteiger partial charge in [-0.2, -0.15) is 0 Å². The van der Waals surface area contributed by atoms with Crippen LogP contribution in [0.4, 0.5) is 5.69 Å². The zero-order chi connectivity index (χ0) is 20.0. The Labute approximate surface area is 159 Å². The summed E-state index contributed by atoms with van der Waals surface area (Å²) in [6, 6.07) is 7.74. The molecule has 1 rings (SSSR count). The number of benzene rings is 1. The minimum Gasteiger partial charge on any atom is -0.491 e. The summed E-state index contributed by atoms with van der Waals surface area (Å²) in [5.41, 5.74) is 1.05. The quantitative estimate of drug-likeness (QED) is 0.532. The van der Waals surface area contributed by atoms with Gasteiger partial charge in [-0.05, 0) is 31.2 Å². The zero-order valence-electron chi connectivity index (χ0n) is 17.3. The molecule has 0 aliphatic carbocycles. The van der Waals surface area contributed by atoms with Crippen LogP contribution in [0.2, 0.25) is 0 Å². The third kappa shape index (κ3) is 17.2. The van der Waals surface area contributed by atoms with Crippen molar-refractivity contribution in [3.05, 3.63) is 24.3 Å². The standard InChI is InChI=1S/C16H25NO5.2C2H6/c1-14(18)13-21-10-9-19-7-8-20-11-12-22-16-5-3-15(17-2)4-6-16;2*1-2/h3-6,17H,7-13H2,1-2H3;2*1-2H3. The number of hydrogen-bond donors (Lipinski definition) is 1. The molecule has 0 saturated carbocycles. The summed E-state index contributed by atoms with van der Waals surface area (Å²) in [6.07, 6.45) is 0. The monoisotopic (exact) mass is 371 g/mol. The fourth-order valence-corrected chi connectivity index (χ4v) is 1.59. The molecular weight excluding hydrogens is 334 g/mol. The largest absolute Gasteiger partial charge is 0.491 e. The SMILES string of the molecule is CC.CC.CNc1ccc(OCCOCCOCCOCC(C)=O)cc1. The molecule has 6 nitrogen and oxygen atoms in total. The molecule has 0 aromatic heterocycles. The molecule has 0 aliphatic heterocycles. The molecule has 1 N–H and O–H groups in total. The van der Waals surface area contributed by atoms with Gasteiger partial charge in [0.15, 0.2) is 5.78 Å². The van der Waals surface area contributed by atoms with Gasteiger partial charge in [-0.1, -0.05) is 27.7 Å². The molecule has 0 bridgehead atoms. The van der Waals surface area contributed by atoms with Gasteiger partial charge in [-0.3, -0.25) is 4.79 Å². The number of ketones is 1. The number of rotatable bonds is 13. The van der Waals surface area contributed by atoms with E-state index in [9.17, 15) is 4.79 Å². The predicted octanol–water partition coefficient (Wildman–Crippen LogP) is 3.80. The van der Waals surface area contributed by atoms with E-state index in [2.05, 4.69) is 5.32 Å². The van der Waals surface area contributed by atoms with E-state index in [1.54, 1.807) is 0 Å². The molecule has 0 unspecified atom stereocenters. The van der Waals surface area contributed by atoms with Gasteiger partial charge in [0.2, 0.25) is 0 Å². The Kier molecular flexibility index (Phi) is 21.9. The number of carbonyl (C=O) groups is 1. The number of anilines is 1.